The topological polar surface area (TPSA) is 85.1 Å². The lowest BCUT2D eigenvalue weighted by Gasteiger charge is -2.18. The first-order chi connectivity index (χ1) is 13.1. The normalized spacial score (nSPS) is 12.3. The summed E-state index contributed by atoms with van der Waals surface area (Å²) >= 11 is 0. The lowest BCUT2D eigenvalue weighted by Crippen LogP contribution is -2.24. The molecule has 1 heterocycles. The molecule has 0 aliphatic carbocycles. The third kappa shape index (κ3) is 4.45. The van der Waals surface area contributed by atoms with Crippen molar-refractivity contribution < 1.29 is 17.3 Å². The van der Waals surface area contributed by atoms with Crippen LogP contribution >= 0.6 is 0 Å². The smallest absolute Gasteiger partial charge is 0.242 e. The maximum atomic E-state index is 13.2. The van der Waals surface area contributed by atoms with Gasteiger partial charge in [-0.3, -0.25) is 0 Å². The van der Waals surface area contributed by atoms with Gasteiger partial charge in [0.05, 0.1) is 11.4 Å². The molecular weight excluding hydrogens is 381 g/mol. The summed E-state index contributed by atoms with van der Waals surface area (Å²) in [4.78, 5) is 4.25. The molecule has 8 heteroatoms. The SMILES string of the molecule is Cc1cc(F)ccc1S(=O)(=O)NCc1nc(-c2ccc(C(C)(C)C)cc2)no1. The molecule has 3 aromatic rings. The van der Waals surface area contributed by atoms with E-state index < -0.39 is 15.8 Å². The zero-order chi connectivity index (χ0) is 20.5. The Hall–Kier alpha value is -2.58. The van der Waals surface area contributed by atoms with Gasteiger partial charge < -0.3 is 4.52 Å². The lowest BCUT2D eigenvalue weighted by atomic mass is 9.87. The summed E-state index contributed by atoms with van der Waals surface area (Å²) in [6, 6.07) is 11.3. The summed E-state index contributed by atoms with van der Waals surface area (Å²) in [5.41, 5.74) is 2.32. The van der Waals surface area contributed by atoms with Crippen molar-refractivity contribution in [2.45, 2.75) is 44.6 Å². The molecule has 2 aromatic carbocycles. The van der Waals surface area contributed by atoms with Gasteiger partial charge in [-0.1, -0.05) is 50.2 Å². The second kappa shape index (κ2) is 7.44. The van der Waals surface area contributed by atoms with E-state index in [0.717, 1.165) is 11.6 Å². The van der Waals surface area contributed by atoms with Gasteiger partial charge in [0.2, 0.25) is 21.7 Å². The zero-order valence-electron chi connectivity index (χ0n) is 16.2. The van der Waals surface area contributed by atoms with Crippen molar-refractivity contribution in [2.24, 2.45) is 0 Å². The third-order valence-electron chi connectivity index (χ3n) is 4.32. The number of benzene rings is 2. The Morgan fingerprint density at radius 3 is 2.39 bits per heavy atom. The van der Waals surface area contributed by atoms with Crippen molar-refractivity contribution in [3.05, 3.63) is 65.3 Å². The number of aromatic nitrogens is 2. The van der Waals surface area contributed by atoms with Crippen LogP contribution in [0, 0.1) is 12.7 Å². The highest BCUT2D eigenvalue weighted by Crippen LogP contribution is 2.25. The van der Waals surface area contributed by atoms with Crippen molar-refractivity contribution in [3.63, 3.8) is 0 Å². The fraction of sp³-hybridized carbons (Fsp3) is 0.300. The van der Waals surface area contributed by atoms with Gasteiger partial charge >= 0.3 is 0 Å². The summed E-state index contributed by atoms with van der Waals surface area (Å²) in [7, 11) is -3.83. The molecule has 3 rings (SSSR count). The van der Waals surface area contributed by atoms with Crippen LogP contribution < -0.4 is 4.72 Å². The second-order valence-electron chi connectivity index (χ2n) is 7.57. The Morgan fingerprint density at radius 1 is 1.11 bits per heavy atom. The molecule has 6 nitrogen and oxygen atoms in total. The predicted octanol–water partition coefficient (Wildman–Crippen LogP) is 3.96. The van der Waals surface area contributed by atoms with Gasteiger partial charge in [0.1, 0.15) is 5.82 Å². The first-order valence-electron chi connectivity index (χ1n) is 8.75. The highest BCUT2D eigenvalue weighted by molar-refractivity contribution is 7.89. The molecule has 0 fully saturated rings. The second-order valence-corrected chi connectivity index (χ2v) is 9.31. The Kier molecular flexibility index (Phi) is 5.36. The number of sulfonamides is 1. The van der Waals surface area contributed by atoms with Crippen LogP contribution in [0.25, 0.3) is 11.4 Å². The summed E-state index contributed by atoms with van der Waals surface area (Å²) in [6.07, 6.45) is 0. The molecule has 28 heavy (non-hydrogen) atoms. The fourth-order valence-electron chi connectivity index (χ4n) is 2.71. The first kappa shape index (κ1) is 20.2. The summed E-state index contributed by atoms with van der Waals surface area (Å²) in [6.45, 7) is 7.76. The van der Waals surface area contributed by atoms with Gasteiger partial charge in [-0.05, 0) is 41.7 Å². The van der Waals surface area contributed by atoms with Crippen molar-refractivity contribution in [1.29, 1.82) is 0 Å². The highest BCUT2D eigenvalue weighted by atomic mass is 32.2. The van der Waals surface area contributed by atoms with Crippen LogP contribution in [0.5, 0.6) is 0 Å². The maximum absolute atomic E-state index is 13.2. The van der Waals surface area contributed by atoms with E-state index in [2.05, 4.69) is 35.6 Å². The Labute approximate surface area is 163 Å². The van der Waals surface area contributed by atoms with Gasteiger partial charge in [-0.15, -0.1) is 0 Å². The Bertz CT molecular complexity index is 1080. The predicted molar refractivity (Wildman–Crippen MR) is 104 cm³/mol. The first-order valence-corrected chi connectivity index (χ1v) is 10.2. The quantitative estimate of drug-likeness (QED) is 0.697. The van der Waals surface area contributed by atoms with Gasteiger partial charge in [0, 0.05) is 5.56 Å². The van der Waals surface area contributed by atoms with E-state index in [1.54, 1.807) is 0 Å². The molecule has 1 aromatic heterocycles. The average molecular weight is 403 g/mol. The maximum Gasteiger partial charge on any atom is 0.242 e. The number of halogens is 1. The average Bonchev–Trinajstić information content (AvgIpc) is 3.08. The summed E-state index contributed by atoms with van der Waals surface area (Å²) < 4.78 is 45.6. The number of aryl methyl sites for hydroxylation is 1. The largest absolute Gasteiger partial charge is 0.338 e. The van der Waals surface area contributed by atoms with E-state index in [4.69, 9.17) is 4.52 Å². The van der Waals surface area contributed by atoms with Crippen LogP contribution in [0.3, 0.4) is 0 Å². The van der Waals surface area contributed by atoms with E-state index in [9.17, 15) is 12.8 Å². The van der Waals surface area contributed by atoms with Crippen molar-refractivity contribution >= 4 is 10.0 Å². The standard InChI is InChI=1S/C20H22FN3O3S/c1-13-11-16(21)9-10-17(13)28(25,26)22-12-18-23-19(24-27-18)14-5-7-15(8-6-14)20(2,3)4/h5-11,22H,12H2,1-4H3. The lowest BCUT2D eigenvalue weighted by molar-refractivity contribution is 0.376. The minimum absolute atomic E-state index is 0.00593. The number of rotatable bonds is 5. The minimum atomic E-state index is -3.83. The number of nitrogens with zero attached hydrogens (tertiary/aromatic N) is 2. The highest BCUT2D eigenvalue weighted by Gasteiger charge is 2.19. The number of hydrogen-bond acceptors (Lipinski definition) is 5. The monoisotopic (exact) mass is 403 g/mol. The summed E-state index contributed by atoms with van der Waals surface area (Å²) in [5.74, 6) is 0.0290. The summed E-state index contributed by atoms with van der Waals surface area (Å²) in [5, 5.41) is 3.91. The van der Waals surface area contributed by atoms with Gasteiger partial charge in [0.15, 0.2) is 0 Å². The molecule has 1 N–H and O–H groups in total. The van der Waals surface area contributed by atoms with Gasteiger partial charge in [-0.25, -0.2) is 17.5 Å². The van der Waals surface area contributed by atoms with Crippen LogP contribution in [0.2, 0.25) is 0 Å². The van der Waals surface area contributed by atoms with Crippen LogP contribution in [0.15, 0.2) is 51.9 Å². The van der Waals surface area contributed by atoms with Crippen LogP contribution in [0.1, 0.15) is 37.8 Å². The van der Waals surface area contributed by atoms with Crippen LogP contribution in [-0.4, -0.2) is 18.6 Å². The molecule has 148 valence electrons. The molecule has 0 aliphatic rings. The van der Waals surface area contributed by atoms with Crippen LogP contribution in [0.4, 0.5) is 4.39 Å². The van der Waals surface area contributed by atoms with E-state index in [0.29, 0.717) is 11.4 Å². The molecule has 0 radical (unpaired) electrons. The molecule has 0 saturated heterocycles. The van der Waals surface area contributed by atoms with Gasteiger partial charge in [0.25, 0.3) is 0 Å². The minimum Gasteiger partial charge on any atom is -0.338 e. The van der Waals surface area contributed by atoms with E-state index in [1.807, 2.05) is 24.3 Å². The zero-order valence-corrected chi connectivity index (χ0v) is 17.0. The molecular formula is C20H22FN3O3S. The van der Waals surface area contributed by atoms with E-state index in [1.165, 1.54) is 24.6 Å². The fourth-order valence-corrected chi connectivity index (χ4v) is 3.91. The number of hydrogen-bond donors (Lipinski definition) is 1. The third-order valence-corrected chi connectivity index (χ3v) is 5.88. The molecule has 0 amide bonds. The Balaban J connectivity index is 1.72. The van der Waals surface area contributed by atoms with E-state index in [-0.39, 0.29) is 22.7 Å². The van der Waals surface area contributed by atoms with Gasteiger partial charge in [-0.2, -0.15) is 4.98 Å². The van der Waals surface area contributed by atoms with Crippen molar-refractivity contribution in [3.8, 4) is 11.4 Å². The molecule has 0 aliphatic heterocycles. The van der Waals surface area contributed by atoms with Crippen LogP contribution in [-0.2, 0) is 22.0 Å². The Morgan fingerprint density at radius 2 is 1.79 bits per heavy atom. The molecule has 0 atom stereocenters. The molecule has 0 spiro atoms. The van der Waals surface area contributed by atoms with E-state index >= 15 is 0 Å². The molecule has 0 unspecified atom stereocenters. The molecule has 0 bridgehead atoms. The number of nitrogens with one attached hydrogen (secondary N) is 1. The van der Waals surface area contributed by atoms with Crippen molar-refractivity contribution in [2.75, 3.05) is 0 Å². The molecule has 0 saturated carbocycles. The van der Waals surface area contributed by atoms with Crippen molar-refractivity contribution in [1.82, 2.24) is 14.9 Å².